The Balaban J connectivity index is 2.53. The van der Waals surface area contributed by atoms with Gasteiger partial charge < -0.3 is 0 Å². The van der Waals surface area contributed by atoms with Gasteiger partial charge in [0.15, 0.2) is 0 Å². The molecule has 0 saturated heterocycles. The lowest BCUT2D eigenvalue weighted by Gasteiger charge is -2.07. The van der Waals surface area contributed by atoms with Crippen LogP contribution in [0.25, 0.3) is 11.1 Å². The van der Waals surface area contributed by atoms with Gasteiger partial charge in [0, 0.05) is 18.0 Å². The van der Waals surface area contributed by atoms with Gasteiger partial charge in [0.1, 0.15) is 0 Å². The zero-order valence-electron chi connectivity index (χ0n) is 9.20. The van der Waals surface area contributed by atoms with E-state index in [-0.39, 0.29) is 0 Å². The molecule has 0 spiro atoms. The maximum absolute atomic E-state index is 4.24. The molecule has 0 unspecified atom stereocenters. The van der Waals surface area contributed by atoms with E-state index in [1.54, 1.807) is 0 Å². The molecule has 0 fully saturated rings. The molecule has 1 heterocycles. The van der Waals surface area contributed by atoms with Gasteiger partial charge in [0.05, 0.1) is 0 Å². The molecule has 0 bridgehead atoms. The fourth-order valence-electron chi connectivity index (χ4n) is 1.81. The van der Waals surface area contributed by atoms with Crippen molar-refractivity contribution in [2.45, 2.75) is 20.3 Å². The highest BCUT2D eigenvalue weighted by Gasteiger charge is 2.02. The molecule has 76 valence electrons. The molecule has 1 nitrogen and oxygen atoms in total. The highest BCUT2D eigenvalue weighted by molar-refractivity contribution is 5.66. The van der Waals surface area contributed by atoms with Gasteiger partial charge in [-0.3, -0.25) is 4.98 Å². The van der Waals surface area contributed by atoms with E-state index in [4.69, 9.17) is 0 Å². The van der Waals surface area contributed by atoms with E-state index in [0.29, 0.717) is 0 Å². The summed E-state index contributed by atoms with van der Waals surface area (Å²) < 4.78 is 0. The zero-order valence-corrected chi connectivity index (χ0v) is 9.20. The second-order valence-corrected chi connectivity index (χ2v) is 3.76. The van der Waals surface area contributed by atoms with E-state index >= 15 is 0 Å². The second-order valence-electron chi connectivity index (χ2n) is 3.76. The van der Waals surface area contributed by atoms with Crippen molar-refractivity contribution >= 4 is 0 Å². The Morgan fingerprint density at radius 2 is 1.93 bits per heavy atom. The van der Waals surface area contributed by atoms with Crippen LogP contribution in [0, 0.1) is 6.92 Å². The normalized spacial score (nSPS) is 10.3. The third-order valence-electron chi connectivity index (χ3n) is 2.58. The largest absolute Gasteiger partial charge is 0.264 e. The number of pyridine rings is 1. The average Bonchev–Trinajstić information content (AvgIpc) is 2.29. The van der Waals surface area contributed by atoms with E-state index in [0.717, 1.165) is 6.42 Å². The van der Waals surface area contributed by atoms with E-state index in [2.05, 4.69) is 49.2 Å². The minimum absolute atomic E-state index is 1.06. The summed E-state index contributed by atoms with van der Waals surface area (Å²) in [4.78, 5) is 4.24. The number of hydrogen-bond acceptors (Lipinski definition) is 1. The van der Waals surface area contributed by atoms with Crippen LogP contribution in [0.1, 0.15) is 18.1 Å². The van der Waals surface area contributed by atoms with Crippen LogP contribution in [0.4, 0.5) is 0 Å². The van der Waals surface area contributed by atoms with Gasteiger partial charge in [-0.05, 0) is 36.1 Å². The predicted octanol–water partition coefficient (Wildman–Crippen LogP) is 3.62. The van der Waals surface area contributed by atoms with Crippen molar-refractivity contribution in [3.8, 4) is 11.1 Å². The quantitative estimate of drug-likeness (QED) is 0.716. The summed E-state index contributed by atoms with van der Waals surface area (Å²) in [5, 5.41) is 0. The molecule has 1 heteroatoms. The van der Waals surface area contributed by atoms with Crippen LogP contribution in [-0.4, -0.2) is 4.98 Å². The molecule has 0 amide bonds. The van der Waals surface area contributed by atoms with Crippen molar-refractivity contribution in [2.75, 3.05) is 0 Å². The molecule has 2 aromatic rings. The zero-order chi connectivity index (χ0) is 10.7. The van der Waals surface area contributed by atoms with E-state index in [9.17, 15) is 0 Å². The van der Waals surface area contributed by atoms with Crippen LogP contribution in [0.15, 0.2) is 42.7 Å². The first-order valence-corrected chi connectivity index (χ1v) is 5.31. The molecular formula is C14H15N. The van der Waals surface area contributed by atoms with Crippen LogP contribution < -0.4 is 0 Å². The minimum Gasteiger partial charge on any atom is -0.264 e. The molecule has 0 N–H and O–H groups in total. The SMILES string of the molecule is CCc1ccccc1-c1cncc(C)c1. The molecule has 0 aliphatic rings. The van der Waals surface area contributed by atoms with Gasteiger partial charge in [-0.1, -0.05) is 31.2 Å². The van der Waals surface area contributed by atoms with Crippen molar-refractivity contribution in [2.24, 2.45) is 0 Å². The molecule has 1 aromatic carbocycles. The van der Waals surface area contributed by atoms with Crippen LogP contribution in [-0.2, 0) is 6.42 Å². The molecule has 0 saturated carbocycles. The Labute approximate surface area is 90.8 Å². The standard InChI is InChI=1S/C14H15N/c1-3-12-6-4-5-7-14(12)13-8-11(2)9-15-10-13/h4-10H,3H2,1-2H3. The number of rotatable bonds is 2. The lowest BCUT2D eigenvalue weighted by Crippen LogP contribution is -1.88. The van der Waals surface area contributed by atoms with Gasteiger partial charge in [0.2, 0.25) is 0 Å². The Hall–Kier alpha value is -1.63. The van der Waals surface area contributed by atoms with Crippen LogP contribution >= 0.6 is 0 Å². The number of nitrogens with zero attached hydrogens (tertiary/aromatic N) is 1. The van der Waals surface area contributed by atoms with E-state index in [1.807, 2.05) is 12.4 Å². The second kappa shape index (κ2) is 4.26. The summed E-state index contributed by atoms with van der Waals surface area (Å²) in [5.41, 5.74) is 5.10. The third-order valence-corrected chi connectivity index (χ3v) is 2.58. The summed E-state index contributed by atoms with van der Waals surface area (Å²) >= 11 is 0. The fourth-order valence-corrected chi connectivity index (χ4v) is 1.81. The summed E-state index contributed by atoms with van der Waals surface area (Å²) in [6, 6.07) is 10.7. The maximum Gasteiger partial charge on any atom is 0.0346 e. The Kier molecular flexibility index (Phi) is 2.82. The molecule has 0 radical (unpaired) electrons. The Morgan fingerprint density at radius 3 is 2.67 bits per heavy atom. The monoisotopic (exact) mass is 197 g/mol. The molecule has 2 rings (SSSR count). The van der Waals surface area contributed by atoms with E-state index in [1.165, 1.54) is 22.3 Å². The van der Waals surface area contributed by atoms with Gasteiger partial charge in [-0.15, -0.1) is 0 Å². The van der Waals surface area contributed by atoms with Crippen molar-refractivity contribution in [1.29, 1.82) is 0 Å². The number of aromatic nitrogens is 1. The Morgan fingerprint density at radius 1 is 1.13 bits per heavy atom. The van der Waals surface area contributed by atoms with E-state index < -0.39 is 0 Å². The molecule has 1 aromatic heterocycles. The lowest BCUT2D eigenvalue weighted by atomic mass is 9.99. The van der Waals surface area contributed by atoms with Gasteiger partial charge in [0.25, 0.3) is 0 Å². The summed E-state index contributed by atoms with van der Waals surface area (Å²) in [7, 11) is 0. The Bertz CT molecular complexity index is 460. The van der Waals surface area contributed by atoms with Gasteiger partial charge in [-0.2, -0.15) is 0 Å². The average molecular weight is 197 g/mol. The molecule has 15 heavy (non-hydrogen) atoms. The lowest BCUT2D eigenvalue weighted by molar-refractivity contribution is 1.14. The number of aryl methyl sites for hydroxylation is 2. The number of benzene rings is 1. The van der Waals surface area contributed by atoms with Crippen molar-refractivity contribution in [1.82, 2.24) is 4.98 Å². The maximum atomic E-state index is 4.24. The smallest absolute Gasteiger partial charge is 0.0346 e. The highest BCUT2D eigenvalue weighted by Crippen LogP contribution is 2.23. The minimum atomic E-state index is 1.06. The first-order chi connectivity index (χ1) is 7.31. The molecule has 0 atom stereocenters. The fraction of sp³-hybridized carbons (Fsp3) is 0.214. The summed E-state index contributed by atoms with van der Waals surface area (Å²) in [5.74, 6) is 0. The number of hydrogen-bond donors (Lipinski definition) is 0. The highest BCUT2D eigenvalue weighted by atomic mass is 14.6. The van der Waals surface area contributed by atoms with Crippen molar-refractivity contribution < 1.29 is 0 Å². The molecule has 0 aliphatic carbocycles. The summed E-state index contributed by atoms with van der Waals surface area (Å²) in [6.07, 6.45) is 4.88. The topological polar surface area (TPSA) is 12.9 Å². The third kappa shape index (κ3) is 2.07. The molecule has 0 aliphatic heterocycles. The van der Waals surface area contributed by atoms with Gasteiger partial charge in [-0.25, -0.2) is 0 Å². The van der Waals surface area contributed by atoms with Crippen molar-refractivity contribution in [3.05, 3.63) is 53.9 Å². The molecular weight excluding hydrogens is 182 g/mol. The van der Waals surface area contributed by atoms with Crippen LogP contribution in [0.3, 0.4) is 0 Å². The van der Waals surface area contributed by atoms with Crippen LogP contribution in [0.2, 0.25) is 0 Å². The first kappa shape index (κ1) is 9.91. The predicted molar refractivity (Wildman–Crippen MR) is 63.8 cm³/mol. The van der Waals surface area contributed by atoms with Crippen molar-refractivity contribution in [3.63, 3.8) is 0 Å². The van der Waals surface area contributed by atoms with Gasteiger partial charge >= 0.3 is 0 Å². The summed E-state index contributed by atoms with van der Waals surface area (Å²) in [6.45, 7) is 4.26. The van der Waals surface area contributed by atoms with Crippen LogP contribution in [0.5, 0.6) is 0 Å². The first-order valence-electron chi connectivity index (χ1n) is 5.31.